The number of aromatic nitrogens is 2. The van der Waals surface area contributed by atoms with E-state index in [1.807, 2.05) is 0 Å². The van der Waals surface area contributed by atoms with E-state index < -0.39 is 0 Å². The molecule has 0 spiro atoms. The van der Waals surface area contributed by atoms with Crippen molar-refractivity contribution >= 4 is 44.0 Å². The van der Waals surface area contributed by atoms with Gasteiger partial charge in [-0.1, -0.05) is 0 Å². The van der Waals surface area contributed by atoms with Crippen LogP contribution in [0.3, 0.4) is 0 Å². The van der Waals surface area contributed by atoms with Crippen molar-refractivity contribution in [2.75, 3.05) is 5.43 Å². The second-order valence-electron chi connectivity index (χ2n) is 4.06. The van der Waals surface area contributed by atoms with Crippen LogP contribution in [0.1, 0.15) is 11.3 Å². The van der Waals surface area contributed by atoms with Gasteiger partial charge >= 0.3 is 0 Å². The molecule has 1 heterocycles. The molecule has 4 N–H and O–H groups in total. The molecule has 2 aromatic rings. The zero-order valence-electron chi connectivity index (χ0n) is 10.7. The highest BCUT2D eigenvalue weighted by Crippen LogP contribution is 2.40. The minimum Gasteiger partial charge on any atom is -0.506 e. The molecule has 21 heavy (non-hydrogen) atoms. The Balaban J connectivity index is 2.24. The molecule has 0 unspecified atom stereocenters. The maximum atomic E-state index is 11.3. The van der Waals surface area contributed by atoms with Crippen molar-refractivity contribution in [3.63, 3.8) is 0 Å². The number of nitrogens with one attached hydrogen (secondary N) is 2. The van der Waals surface area contributed by atoms with E-state index in [9.17, 15) is 15.0 Å². The Bertz CT molecular complexity index is 774. The molecule has 2 rings (SSSR count). The number of rotatable bonds is 3. The predicted molar refractivity (Wildman–Crippen MR) is 86.0 cm³/mol. The molecule has 0 aliphatic rings. The summed E-state index contributed by atoms with van der Waals surface area (Å²) in [6.07, 6.45) is 1.33. The van der Waals surface area contributed by atoms with Crippen molar-refractivity contribution in [1.82, 2.24) is 9.97 Å². The smallest absolute Gasteiger partial charge is 0.252 e. The number of aromatic hydroxyl groups is 2. The van der Waals surface area contributed by atoms with Gasteiger partial charge in [0.2, 0.25) is 5.95 Å². The Kier molecular flexibility index (Phi) is 4.63. The molecule has 0 atom stereocenters. The van der Waals surface area contributed by atoms with Crippen LogP contribution >= 0.6 is 31.9 Å². The van der Waals surface area contributed by atoms with Crippen LogP contribution in [0.4, 0.5) is 5.95 Å². The van der Waals surface area contributed by atoms with E-state index in [1.165, 1.54) is 18.3 Å². The highest BCUT2D eigenvalue weighted by molar-refractivity contribution is 9.11. The Hall–Kier alpha value is -1.87. The third-order valence-electron chi connectivity index (χ3n) is 2.44. The lowest BCUT2D eigenvalue weighted by atomic mass is 10.2. The Labute approximate surface area is 136 Å². The van der Waals surface area contributed by atoms with Gasteiger partial charge in [-0.15, -0.1) is 0 Å². The number of hydrazone groups is 1. The summed E-state index contributed by atoms with van der Waals surface area (Å²) >= 11 is 6.22. The van der Waals surface area contributed by atoms with E-state index in [0.717, 1.165) is 0 Å². The zero-order valence-corrected chi connectivity index (χ0v) is 13.9. The Morgan fingerprint density at radius 3 is 2.71 bits per heavy atom. The summed E-state index contributed by atoms with van der Waals surface area (Å²) in [6.45, 7) is 1.68. The second kappa shape index (κ2) is 6.27. The number of phenols is 2. The molecule has 0 fully saturated rings. The van der Waals surface area contributed by atoms with Crippen molar-refractivity contribution < 1.29 is 10.2 Å². The summed E-state index contributed by atoms with van der Waals surface area (Å²) < 4.78 is 0.552. The van der Waals surface area contributed by atoms with Crippen LogP contribution in [0.25, 0.3) is 0 Å². The standard InChI is InChI=1S/C12H10Br2N4O3/c1-5-2-8(19)17-12(16-5)18-15-4-6-3-7(13)11(21)9(14)10(6)20/h2-4,20-21H,1H3,(H2,16,17,18,19)/b15-4+. The molecule has 0 aliphatic carbocycles. The van der Waals surface area contributed by atoms with Crippen LogP contribution < -0.4 is 11.0 Å². The number of H-pyrrole nitrogens is 1. The van der Waals surface area contributed by atoms with Crippen LogP contribution in [-0.4, -0.2) is 26.4 Å². The van der Waals surface area contributed by atoms with Crippen molar-refractivity contribution in [3.05, 3.63) is 42.7 Å². The van der Waals surface area contributed by atoms with Crippen LogP contribution in [0.2, 0.25) is 0 Å². The monoisotopic (exact) mass is 416 g/mol. The normalized spacial score (nSPS) is 11.0. The maximum absolute atomic E-state index is 11.3. The first-order valence-corrected chi connectivity index (χ1v) is 7.24. The van der Waals surface area contributed by atoms with E-state index in [2.05, 4.69) is 52.4 Å². The summed E-state index contributed by atoms with van der Waals surface area (Å²) in [5.41, 5.74) is 3.17. The molecule has 7 nitrogen and oxygen atoms in total. The molecule has 0 radical (unpaired) electrons. The Morgan fingerprint density at radius 2 is 2.05 bits per heavy atom. The molecule has 0 bridgehead atoms. The number of nitrogens with zero attached hydrogens (tertiary/aromatic N) is 2. The van der Waals surface area contributed by atoms with Crippen molar-refractivity contribution in [1.29, 1.82) is 0 Å². The number of hydrogen-bond donors (Lipinski definition) is 4. The Morgan fingerprint density at radius 1 is 1.33 bits per heavy atom. The molecular formula is C12H10Br2N4O3. The zero-order chi connectivity index (χ0) is 15.6. The summed E-state index contributed by atoms with van der Waals surface area (Å²) in [5, 5.41) is 23.4. The fourth-order valence-corrected chi connectivity index (χ4v) is 2.66. The van der Waals surface area contributed by atoms with Crippen molar-refractivity contribution in [2.45, 2.75) is 6.92 Å². The fraction of sp³-hybridized carbons (Fsp3) is 0.0833. The summed E-state index contributed by atoms with van der Waals surface area (Å²) in [4.78, 5) is 17.8. The average Bonchev–Trinajstić information content (AvgIpc) is 2.41. The van der Waals surface area contributed by atoms with Crippen LogP contribution in [0, 0.1) is 6.92 Å². The van der Waals surface area contributed by atoms with Gasteiger partial charge in [-0.25, -0.2) is 10.4 Å². The number of phenolic OH excluding ortho intramolecular Hbond substituents is 2. The first-order chi connectivity index (χ1) is 9.88. The fourth-order valence-electron chi connectivity index (χ4n) is 1.51. The largest absolute Gasteiger partial charge is 0.506 e. The lowest BCUT2D eigenvalue weighted by Gasteiger charge is -2.06. The van der Waals surface area contributed by atoms with E-state index in [4.69, 9.17) is 0 Å². The number of halogens is 2. The van der Waals surface area contributed by atoms with Crippen LogP contribution in [0.15, 0.2) is 31.0 Å². The molecule has 0 saturated carbocycles. The number of benzene rings is 1. The SMILES string of the molecule is Cc1cc(=O)[nH]c(N/N=C/c2cc(Br)c(O)c(Br)c2O)n1. The molecular weight excluding hydrogens is 408 g/mol. The van der Waals surface area contributed by atoms with Crippen LogP contribution in [0.5, 0.6) is 11.5 Å². The lowest BCUT2D eigenvalue weighted by Crippen LogP contribution is -2.10. The maximum Gasteiger partial charge on any atom is 0.252 e. The van der Waals surface area contributed by atoms with Gasteiger partial charge in [0.1, 0.15) is 16.0 Å². The van der Waals surface area contributed by atoms with Gasteiger partial charge in [-0.2, -0.15) is 5.10 Å². The van der Waals surface area contributed by atoms with Crippen molar-refractivity contribution in [3.8, 4) is 11.5 Å². The second-order valence-corrected chi connectivity index (χ2v) is 5.71. The number of hydrogen-bond acceptors (Lipinski definition) is 6. The van der Waals surface area contributed by atoms with Gasteiger partial charge in [0.15, 0.2) is 0 Å². The summed E-state index contributed by atoms with van der Waals surface area (Å²) in [7, 11) is 0. The number of aryl methyl sites for hydroxylation is 1. The van der Waals surface area contributed by atoms with Gasteiger partial charge < -0.3 is 10.2 Å². The minimum absolute atomic E-state index is 0.109. The molecule has 110 valence electrons. The third kappa shape index (κ3) is 3.61. The topological polar surface area (TPSA) is 111 Å². The summed E-state index contributed by atoms with van der Waals surface area (Å²) in [6, 6.07) is 2.85. The van der Waals surface area contributed by atoms with Gasteiger partial charge in [0.05, 0.1) is 10.7 Å². The highest BCUT2D eigenvalue weighted by atomic mass is 79.9. The van der Waals surface area contributed by atoms with E-state index in [0.29, 0.717) is 15.7 Å². The van der Waals surface area contributed by atoms with Gasteiger partial charge in [-0.05, 0) is 44.8 Å². The van der Waals surface area contributed by atoms with Gasteiger partial charge in [-0.3, -0.25) is 9.78 Å². The molecule has 0 aliphatic heterocycles. The molecule has 1 aromatic carbocycles. The van der Waals surface area contributed by atoms with Gasteiger partial charge in [0.25, 0.3) is 5.56 Å². The average molecular weight is 418 g/mol. The molecule has 1 aromatic heterocycles. The predicted octanol–water partition coefficient (Wildman–Crippen LogP) is 2.46. The number of anilines is 1. The lowest BCUT2D eigenvalue weighted by molar-refractivity contribution is 0.442. The van der Waals surface area contributed by atoms with E-state index in [-0.39, 0.29) is 27.5 Å². The summed E-state index contributed by atoms with van der Waals surface area (Å²) in [5.74, 6) is -0.0816. The minimum atomic E-state index is -0.293. The van der Waals surface area contributed by atoms with Crippen molar-refractivity contribution in [2.24, 2.45) is 5.10 Å². The molecule has 0 amide bonds. The first-order valence-electron chi connectivity index (χ1n) is 5.65. The van der Waals surface area contributed by atoms with Gasteiger partial charge in [0, 0.05) is 17.3 Å². The van der Waals surface area contributed by atoms with E-state index >= 15 is 0 Å². The third-order valence-corrected chi connectivity index (χ3v) is 3.80. The number of aromatic amines is 1. The highest BCUT2D eigenvalue weighted by Gasteiger charge is 2.12. The van der Waals surface area contributed by atoms with E-state index in [1.54, 1.807) is 6.92 Å². The first kappa shape index (κ1) is 15.5. The molecule has 0 saturated heterocycles. The van der Waals surface area contributed by atoms with Crippen LogP contribution in [-0.2, 0) is 0 Å². The molecule has 9 heteroatoms. The quantitative estimate of drug-likeness (QED) is 0.452.